The molecule has 0 aliphatic heterocycles. The number of amides is 1. The first-order chi connectivity index (χ1) is 9.76. The molecule has 1 aromatic carbocycles. The fraction of sp³-hybridized carbons (Fsp3) is 0.375. The Morgan fingerprint density at radius 1 is 1.30 bits per heavy atom. The Kier molecular flexibility index (Phi) is 3.54. The van der Waals surface area contributed by atoms with Gasteiger partial charge in [0.2, 0.25) is 0 Å². The molecule has 2 bridgehead atoms. The van der Waals surface area contributed by atoms with E-state index in [4.69, 9.17) is 4.74 Å². The van der Waals surface area contributed by atoms with Gasteiger partial charge >= 0.3 is 0 Å². The summed E-state index contributed by atoms with van der Waals surface area (Å²) in [5.74, 6) is 2.35. The van der Waals surface area contributed by atoms with Crippen LogP contribution in [0.1, 0.15) is 23.2 Å². The highest BCUT2D eigenvalue weighted by Gasteiger charge is 2.34. The number of carbonyl (C=O) groups excluding carboxylic acids is 1. The van der Waals surface area contributed by atoms with Crippen molar-refractivity contribution in [3.05, 3.63) is 42.0 Å². The molecule has 0 radical (unpaired) electrons. The van der Waals surface area contributed by atoms with E-state index >= 15 is 0 Å². The largest absolute Gasteiger partial charge is 0.497 e. The van der Waals surface area contributed by atoms with Gasteiger partial charge < -0.3 is 4.74 Å². The maximum atomic E-state index is 11.9. The highest BCUT2D eigenvalue weighted by molar-refractivity contribution is 5.94. The van der Waals surface area contributed by atoms with Gasteiger partial charge in [0.25, 0.3) is 5.91 Å². The Balaban J connectivity index is 1.55. The molecule has 1 fully saturated rings. The molecule has 3 unspecified atom stereocenters. The minimum Gasteiger partial charge on any atom is -0.497 e. The second kappa shape index (κ2) is 5.49. The minimum absolute atomic E-state index is 0.192. The predicted molar refractivity (Wildman–Crippen MR) is 77.8 cm³/mol. The van der Waals surface area contributed by atoms with Gasteiger partial charge in [-0.2, -0.15) is 5.10 Å². The van der Waals surface area contributed by atoms with Crippen LogP contribution in [0.25, 0.3) is 0 Å². The van der Waals surface area contributed by atoms with Crippen molar-refractivity contribution in [3.8, 4) is 5.75 Å². The highest BCUT2D eigenvalue weighted by atomic mass is 16.5. The van der Waals surface area contributed by atoms with E-state index in [1.54, 1.807) is 31.4 Å². The number of nitrogens with one attached hydrogen (secondary N) is 1. The monoisotopic (exact) mass is 270 g/mol. The van der Waals surface area contributed by atoms with Gasteiger partial charge in [-0.1, -0.05) is 12.2 Å². The first kappa shape index (κ1) is 12.9. The average Bonchev–Trinajstić information content (AvgIpc) is 3.10. The lowest BCUT2D eigenvalue weighted by atomic mass is 9.95. The van der Waals surface area contributed by atoms with Crippen LogP contribution in [0, 0.1) is 17.8 Å². The number of hydrogen-bond acceptors (Lipinski definition) is 3. The minimum atomic E-state index is -0.192. The molecule has 4 heteroatoms. The molecule has 1 amide bonds. The summed E-state index contributed by atoms with van der Waals surface area (Å²) in [6.45, 7) is 0. The molecule has 2 aliphatic rings. The van der Waals surface area contributed by atoms with Crippen LogP contribution in [0.5, 0.6) is 5.75 Å². The molecule has 1 N–H and O–H groups in total. The number of hydrogen-bond donors (Lipinski definition) is 1. The Morgan fingerprint density at radius 2 is 2.10 bits per heavy atom. The standard InChI is InChI=1S/C16H18N2O2/c1-20-15-6-4-12(5-7-15)16(19)18-17-10-14-9-11-2-3-13(14)8-11/h2-7,10-11,13-14H,8-9H2,1H3,(H,18,19). The maximum Gasteiger partial charge on any atom is 0.271 e. The number of benzene rings is 1. The van der Waals surface area contributed by atoms with Crippen LogP contribution < -0.4 is 10.2 Å². The van der Waals surface area contributed by atoms with Crippen LogP contribution in [0.4, 0.5) is 0 Å². The van der Waals surface area contributed by atoms with Crippen molar-refractivity contribution >= 4 is 12.1 Å². The quantitative estimate of drug-likeness (QED) is 0.519. The summed E-state index contributed by atoms with van der Waals surface area (Å²) in [7, 11) is 1.60. The fourth-order valence-electron chi connectivity index (χ4n) is 2.99. The van der Waals surface area contributed by atoms with E-state index in [0.717, 1.165) is 12.2 Å². The third-order valence-electron chi connectivity index (χ3n) is 4.11. The molecular formula is C16H18N2O2. The van der Waals surface area contributed by atoms with Crippen molar-refractivity contribution in [3.63, 3.8) is 0 Å². The summed E-state index contributed by atoms with van der Waals surface area (Å²) in [6, 6.07) is 6.98. The number of hydrazone groups is 1. The Bertz CT molecular complexity index is 548. The summed E-state index contributed by atoms with van der Waals surface area (Å²) in [4.78, 5) is 11.9. The van der Waals surface area contributed by atoms with Crippen molar-refractivity contribution < 1.29 is 9.53 Å². The number of nitrogens with zero attached hydrogens (tertiary/aromatic N) is 1. The summed E-state index contributed by atoms with van der Waals surface area (Å²) < 4.78 is 5.06. The molecule has 3 rings (SSSR count). The van der Waals surface area contributed by atoms with Crippen molar-refractivity contribution in [1.82, 2.24) is 5.43 Å². The van der Waals surface area contributed by atoms with Gasteiger partial charge in [0.05, 0.1) is 7.11 Å². The molecule has 0 spiro atoms. The smallest absolute Gasteiger partial charge is 0.271 e. The van der Waals surface area contributed by atoms with Crippen molar-refractivity contribution in [2.75, 3.05) is 7.11 Å². The molecule has 104 valence electrons. The van der Waals surface area contributed by atoms with E-state index in [-0.39, 0.29) is 5.91 Å². The number of fused-ring (bicyclic) bond motifs is 2. The molecule has 3 atom stereocenters. The van der Waals surface area contributed by atoms with E-state index in [1.807, 2.05) is 6.21 Å². The second-order valence-electron chi connectivity index (χ2n) is 5.39. The van der Waals surface area contributed by atoms with Gasteiger partial charge in [0.15, 0.2) is 0 Å². The second-order valence-corrected chi connectivity index (χ2v) is 5.39. The van der Waals surface area contributed by atoms with Gasteiger partial charge in [0, 0.05) is 17.7 Å². The lowest BCUT2D eigenvalue weighted by Crippen LogP contribution is -2.19. The molecule has 1 aromatic rings. The van der Waals surface area contributed by atoms with Crippen LogP contribution in [-0.4, -0.2) is 19.2 Å². The Hall–Kier alpha value is -2.10. The molecule has 0 aromatic heterocycles. The molecule has 20 heavy (non-hydrogen) atoms. The fourth-order valence-corrected chi connectivity index (χ4v) is 2.99. The zero-order chi connectivity index (χ0) is 13.9. The van der Waals surface area contributed by atoms with Crippen LogP contribution in [0.2, 0.25) is 0 Å². The first-order valence-electron chi connectivity index (χ1n) is 6.92. The van der Waals surface area contributed by atoms with Crippen molar-refractivity contribution in [2.24, 2.45) is 22.9 Å². The van der Waals surface area contributed by atoms with E-state index in [1.165, 1.54) is 6.42 Å². The zero-order valence-corrected chi connectivity index (χ0v) is 11.5. The SMILES string of the molecule is COc1ccc(C(=O)NN=CC2CC3C=CC2C3)cc1. The topological polar surface area (TPSA) is 50.7 Å². The zero-order valence-electron chi connectivity index (χ0n) is 11.5. The van der Waals surface area contributed by atoms with E-state index in [2.05, 4.69) is 22.7 Å². The third-order valence-corrected chi connectivity index (χ3v) is 4.11. The lowest BCUT2D eigenvalue weighted by Gasteiger charge is -2.11. The van der Waals surface area contributed by atoms with Gasteiger partial charge in [-0.25, -0.2) is 5.43 Å². The maximum absolute atomic E-state index is 11.9. The predicted octanol–water partition coefficient (Wildman–Crippen LogP) is 2.62. The lowest BCUT2D eigenvalue weighted by molar-refractivity contribution is 0.0955. The normalized spacial score (nSPS) is 27.1. The molecule has 0 saturated heterocycles. The molecular weight excluding hydrogens is 252 g/mol. The van der Waals surface area contributed by atoms with Crippen molar-refractivity contribution in [1.29, 1.82) is 0 Å². The van der Waals surface area contributed by atoms with Crippen LogP contribution in [-0.2, 0) is 0 Å². The molecule has 1 saturated carbocycles. The average molecular weight is 270 g/mol. The summed E-state index contributed by atoms with van der Waals surface area (Å²) in [5, 5.41) is 4.10. The van der Waals surface area contributed by atoms with E-state index in [0.29, 0.717) is 23.3 Å². The van der Waals surface area contributed by atoms with Crippen LogP contribution >= 0.6 is 0 Å². The first-order valence-corrected chi connectivity index (χ1v) is 6.92. The summed E-state index contributed by atoms with van der Waals surface area (Å²) in [5.41, 5.74) is 3.17. The number of rotatable bonds is 4. The Labute approximate surface area is 118 Å². The molecule has 4 nitrogen and oxygen atoms in total. The Morgan fingerprint density at radius 3 is 2.70 bits per heavy atom. The number of methoxy groups -OCH3 is 1. The van der Waals surface area contributed by atoms with Gasteiger partial charge in [-0.15, -0.1) is 0 Å². The van der Waals surface area contributed by atoms with Gasteiger partial charge in [-0.3, -0.25) is 4.79 Å². The van der Waals surface area contributed by atoms with Gasteiger partial charge in [-0.05, 0) is 48.9 Å². The number of allylic oxidation sites excluding steroid dienone is 2. The number of ether oxygens (including phenoxy) is 1. The number of carbonyl (C=O) groups is 1. The van der Waals surface area contributed by atoms with Crippen LogP contribution in [0.15, 0.2) is 41.5 Å². The summed E-state index contributed by atoms with van der Waals surface area (Å²) in [6.07, 6.45) is 8.85. The van der Waals surface area contributed by atoms with Crippen molar-refractivity contribution in [2.45, 2.75) is 12.8 Å². The third kappa shape index (κ3) is 2.59. The van der Waals surface area contributed by atoms with Crippen LogP contribution in [0.3, 0.4) is 0 Å². The molecule has 2 aliphatic carbocycles. The highest BCUT2D eigenvalue weighted by Crippen LogP contribution is 2.42. The van der Waals surface area contributed by atoms with E-state index in [9.17, 15) is 4.79 Å². The van der Waals surface area contributed by atoms with E-state index < -0.39 is 0 Å². The van der Waals surface area contributed by atoms with Gasteiger partial charge in [0.1, 0.15) is 5.75 Å². The summed E-state index contributed by atoms with van der Waals surface area (Å²) >= 11 is 0. The molecule has 0 heterocycles.